The lowest BCUT2D eigenvalue weighted by Gasteiger charge is -2.30. The van der Waals surface area contributed by atoms with Crippen LogP contribution in [-0.2, 0) is 11.8 Å². The van der Waals surface area contributed by atoms with E-state index in [9.17, 15) is 4.79 Å². The number of likely N-dealkylation sites (N-methyl/N-ethyl adjacent to an activating group) is 1. The number of rotatable bonds is 7. The van der Waals surface area contributed by atoms with Crippen molar-refractivity contribution in [1.29, 1.82) is 0 Å². The van der Waals surface area contributed by atoms with Crippen molar-refractivity contribution in [3.05, 3.63) is 104 Å². The van der Waals surface area contributed by atoms with Crippen LogP contribution >= 0.6 is 34.8 Å². The average Bonchev–Trinajstić information content (AvgIpc) is 3.13. The van der Waals surface area contributed by atoms with Crippen LogP contribution in [0.2, 0.25) is 15.1 Å². The summed E-state index contributed by atoms with van der Waals surface area (Å²) in [6.45, 7) is 4.94. The Kier molecular flexibility index (Phi) is 7.94. The zero-order chi connectivity index (χ0) is 25.9. The van der Waals surface area contributed by atoms with Crippen LogP contribution < -0.4 is 15.1 Å². The van der Waals surface area contributed by atoms with Crippen LogP contribution in [0.15, 0.2) is 77.5 Å². The first kappa shape index (κ1) is 26.1. The number of nitrogens with one attached hydrogen (secondary N) is 1. The number of benzene rings is 3. The minimum absolute atomic E-state index is 0.280. The lowest BCUT2D eigenvalue weighted by atomic mass is 9.76. The first-order chi connectivity index (χ1) is 17.3. The first-order valence-corrected chi connectivity index (χ1v) is 12.6. The number of anilines is 1. The van der Waals surface area contributed by atoms with Crippen molar-refractivity contribution in [1.82, 2.24) is 5.43 Å². The number of hydrogen-bond donors (Lipinski definition) is 1. The molecule has 1 atom stereocenters. The predicted molar refractivity (Wildman–Crippen MR) is 149 cm³/mol. The number of carbonyl (C=O) groups is 1. The van der Waals surface area contributed by atoms with Gasteiger partial charge in [0.1, 0.15) is 5.75 Å². The zero-order valence-corrected chi connectivity index (χ0v) is 22.5. The topological polar surface area (TPSA) is 53.9 Å². The molecule has 5 nitrogen and oxygen atoms in total. The van der Waals surface area contributed by atoms with Crippen LogP contribution in [0.25, 0.3) is 0 Å². The molecule has 0 saturated heterocycles. The molecule has 0 spiro atoms. The maximum atomic E-state index is 12.4. The zero-order valence-electron chi connectivity index (χ0n) is 20.2. The fourth-order valence-corrected chi connectivity index (χ4v) is 5.31. The van der Waals surface area contributed by atoms with Crippen LogP contribution in [-0.4, -0.2) is 25.8 Å². The maximum absolute atomic E-state index is 12.4. The molecule has 0 fully saturated rings. The summed E-state index contributed by atoms with van der Waals surface area (Å²) < 4.78 is 5.54. The molecule has 0 bridgehead atoms. The van der Waals surface area contributed by atoms with Gasteiger partial charge < -0.3 is 9.64 Å². The summed E-state index contributed by atoms with van der Waals surface area (Å²) >= 11 is 19.5. The summed E-state index contributed by atoms with van der Waals surface area (Å²) in [5.74, 6) is 0.474. The third-order valence-electron chi connectivity index (χ3n) is 6.44. The third-order valence-corrected chi connectivity index (χ3v) is 7.64. The van der Waals surface area contributed by atoms with Gasteiger partial charge in [-0.15, -0.1) is 0 Å². The molecule has 186 valence electrons. The van der Waals surface area contributed by atoms with E-state index in [0.717, 1.165) is 34.8 Å². The molecule has 1 unspecified atom stereocenters. The van der Waals surface area contributed by atoms with Crippen molar-refractivity contribution in [2.24, 2.45) is 5.10 Å². The Morgan fingerprint density at radius 3 is 2.50 bits per heavy atom. The Hall–Kier alpha value is -2.99. The van der Waals surface area contributed by atoms with E-state index in [1.807, 2.05) is 30.3 Å². The molecule has 8 heteroatoms. The molecule has 4 rings (SSSR count). The fourth-order valence-electron chi connectivity index (χ4n) is 4.63. The van der Waals surface area contributed by atoms with Crippen LogP contribution in [0.4, 0.5) is 5.69 Å². The van der Waals surface area contributed by atoms with Gasteiger partial charge in [-0.05, 0) is 79.9 Å². The number of fused-ring (bicyclic) bond motifs is 1. The number of amides is 1. The highest BCUT2D eigenvalue weighted by atomic mass is 35.5. The standard InChI is InChI=1S/C28H26Cl3N3O2/c1-4-34-24-13-10-19(36-3)16-21(24)28(2,17-20-22(29)11-12-23(30)26(20)31)25(34)14-15-32-33-27(35)18-8-6-5-7-9-18/h5-16H,4,17H2,1-3H3,(H,33,35)/b25-14-,32-15+. The van der Waals surface area contributed by atoms with Crippen molar-refractivity contribution in [2.75, 3.05) is 18.6 Å². The van der Waals surface area contributed by atoms with Gasteiger partial charge in [-0.2, -0.15) is 5.10 Å². The van der Waals surface area contributed by atoms with Gasteiger partial charge in [0.2, 0.25) is 0 Å². The molecular weight excluding hydrogens is 517 g/mol. The van der Waals surface area contributed by atoms with Crippen molar-refractivity contribution >= 4 is 52.6 Å². The summed E-state index contributed by atoms with van der Waals surface area (Å²) in [5, 5.41) is 5.61. The number of hydrazone groups is 1. The molecule has 1 aliphatic heterocycles. The third kappa shape index (κ3) is 4.96. The Balaban J connectivity index is 1.75. The van der Waals surface area contributed by atoms with Crippen LogP contribution in [0.3, 0.4) is 0 Å². The maximum Gasteiger partial charge on any atom is 0.271 e. The van der Waals surface area contributed by atoms with E-state index in [4.69, 9.17) is 39.5 Å². The molecule has 0 aromatic heterocycles. The number of nitrogens with zero attached hydrogens (tertiary/aromatic N) is 2. The number of ether oxygens (including phenoxy) is 1. The summed E-state index contributed by atoms with van der Waals surface area (Å²) in [6.07, 6.45) is 4.01. The van der Waals surface area contributed by atoms with Gasteiger partial charge >= 0.3 is 0 Å². The van der Waals surface area contributed by atoms with Crippen LogP contribution in [0, 0.1) is 0 Å². The van der Waals surface area contributed by atoms with Gasteiger partial charge in [0.25, 0.3) is 5.91 Å². The fraction of sp³-hybridized carbons (Fsp3) is 0.214. The molecule has 1 aliphatic rings. The van der Waals surface area contributed by atoms with Crippen molar-refractivity contribution in [3.63, 3.8) is 0 Å². The van der Waals surface area contributed by atoms with Crippen molar-refractivity contribution in [3.8, 4) is 5.75 Å². The summed E-state index contributed by atoms with van der Waals surface area (Å²) in [5.41, 5.74) is 6.47. The van der Waals surface area contributed by atoms with Crippen LogP contribution in [0.1, 0.15) is 35.3 Å². The van der Waals surface area contributed by atoms with Crippen LogP contribution in [0.5, 0.6) is 5.75 Å². The largest absolute Gasteiger partial charge is 0.497 e. The van der Waals surface area contributed by atoms with Gasteiger partial charge in [0.05, 0.1) is 17.2 Å². The molecule has 1 N–H and O–H groups in total. The normalized spacial score (nSPS) is 18.1. The van der Waals surface area contributed by atoms with E-state index in [1.165, 1.54) is 0 Å². The Morgan fingerprint density at radius 2 is 1.81 bits per heavy atom. The van der Waals surface area contributed by atoms with E-state index >= 15 is 0 Å². The highest BCUT2D eigenvalue weighted by Crippen LogP contribution is 2.52. The number of hydrogen-bond acceptors (Lipinski definition) is 4. The monoisotopic (exact) mass is 541 g/mol. The molecule has 0 aliphatic carbocycles. The second kappa shape index (κ2) is 11.0. The molecule has 0 saturated carbocycles. The highest BCUT2D eigenvalue weighted by molar-refractivity contribution is 6.44. The van der Waals surface area contributed by atoms with E-state index in [1.54, 1.807) is 49.7 Å². The minimum atomic E-state index is -0.534. The molecule has 0 radical (unpaired) electrons. The smallest absolute Gasteiger partial charge is 0.271 e. The number of methoxy groups -OCH3 is 1. The minimum Gasteiger partial charge on any atom is -0.497 e. The second-order valence-electron chi connectivity index (χ2n) is 8.59. The molecule has 3 aromatic carbocycles. The van der Waals surface area contributed by atoms with Gasteiger partial charge in [-0.25, -0.2) is 5.43 Å². The molecule has 1 heterocycles. The first-order valence-electron chi connectivity index (χ1n) is 11.5. The molecule has 3 aromatic rings. The Bertz CT molecular complexity index is 1340. The number of allylic oxidation sites excluding steroid dienone is 2. The highest BCUT2D eigenvalue weighted by Gasteiger charge is 2.44. The van der Waals surface area contributed by atoms with Crippen molar-refractivity contribution < 1.29 is 9.53 Å². The Morgan fingerprint density at radius 1 is 1.08 bits per heavy atom. The molecule has 36 heavy (non-hydrogen) atoms. The quantitative estimate of drug-likeness (QED) is 0.194. The summed E-state index contributed by atoms with van der Waals surface area (Å²) in [6, 6.07) is 18.4. The lowest BCUT2D eigenvalue weighted by Crippen LogP contribution is -2.31. The average molecular weight is 543 g/mol. The van der Waals surface area contributed by atoms with Crippen molar-refractivity contribution in [2.45, 2.75) is 25.7 Å². The van der Waals surface area contributed by atoms with E-state index in [0.29, 0.717) is 27.1 Å². The van der Waals surface area contributed by atoms with Gasteiger partial charge in [-0.1, -0.05) is 53.0 Å². The van der Waals surface area contributed by atoms with E-state index in [-0.39, 0.29) is 5.91 Å². The van der Waals surface area contributed by atoms with E-state index in [2.05, 4.69) is 29.3 Å². The molecule has 1 amide bonds. The number of halogens is 3. The number of carbonyl (C=O) groups excluding carboxylic acids is 1. The SMILES string of the molecule is CCN1/C(=C\C=N\NC(=O)c2ccccc2)C(C)(Cc2c(Cl)ccc(Cl)c2Cl)c2cc(OC)ccc21. The second-order valence-corrected chi connectivity index (χ2v) is 9.79. The van der Waals surface area contributed by atoms with Gasteiger partial charge in [0, 0.05) is 40.1 Å². The summed E-state index contributed by atoms with van der Waals surface area (Å²) in [7, 11) is 1.65. The van der Waals surface area contributed by atoms with E-state index < -0.39 is 5.41 Å². The Labute approximate surface area is 226 Å². The van der Waals surface area contributed by atoms with Gasteiger partial charge in [-0.3, -0.25) is 4.79 Å². The lowest BCUT2D eigenvalue weighted by molar-refractivity contribution is 0.0955. The predicted octanol–water partition coefficient (Wildman–Crippen LogP) is 7.30. The summed E-state index contributed by atoms with van der Waals surface area (Å²) in [4.78, 5) is 14.6. The van der Waals surface area contributed by atoms with Gasteiger partial charge in [0.15, 0.2) is 0 Å². The molecular formula is C28H26Cl3N3O2.